The lowest BCUT2D eigenvalue weighted by Crippen LogP contribution is -2.36. The number of nitrogens with one attached hydrogen (secondary N) is 1. The van der Waals surface area contributed by atoms with E-state index in [1.165, 1.54) is 11.1 Å². The van der Waals surface area contributed by atoms with Gasteiger partial charge in [-0.15, -0.1) is 0 Å². The Kier molecular flexibility index (Phi) is 5.03. The third kappa shape index (κ3) is 4.13. The molecule has 0 aliphatic rings. The molecule has 2 aromatic rings. The maximum Gasteiger partial charge on any atom is 0.325 e. The van der Waals surface area contributed by atoms with Gasteiger partial charge in [0, 0.05) is 6.54 Å². The van der Waals surface area contributed by atoms with Gasteiger partial charge in [-0.2, -0.15) is 15.4 Å². The molecule has 0 fully saturated rings. The van der Waals surface area contributed by atoms with Gasteiger partial charge in [0.05, 0.1) is 12.8 Å². The first kappa shape index (κ1) is 14.7. The van der Waals surface area contributed by atoms with Gasteiger partial charge in [-0.05, 0) is 12.5 Å². The van der Waals surface area contributed by atoms with E-state index in [-0.39, 0.29) is 24.8 Å². The first-order chi connectivity index (χ1) is 10.2. The molecule has 1 N–H and O–H groups in total. The lowest BCUT2D eigenvalue weighted by Gasteiger charge is -2.20. The van der Waals surface area contributed by atoms with Crippen molar-refractivity contribution in [2.75, 3.05) is 13.2 Å². The molecule has 110 valence electrons. The van der Waals surface area contributed by atoms with Crippen molar-refractivity contribution >= 4 is 11.9 Å². The summed E-state index contributed by atoms with van der Waals surface area (Å²) in [6.07, 6.45) is 1.32. The van der Waals surface area contributed by atoms with Crippen LogP contribution in [0.25, 0.3) is 0 Å². The minimum absolute atomic E-state index is 0.131. The van der Waals surface area contributed by atoms with Crippen LogP contribution in [0.3, 0.4) is 0 Å². The Bertz CT molecular complexity index is 584. The van der Waals surface area contributed by atoms with Gasteiger partial charge in [0.1, 0.15) is 6.54 Å². The SMILES string of the molecule is CCOC(=O)CN(Cc1ccccc1)C(=O)c1cn[nH]n1. The number of hydrogen-bond acceptors (Lipinski definition) is 5. The quantitative estimate of drug-likeness (QED) is 0.801. The molecular formula is C14H16N4O3. The number of H-pyrrole nitrogens is 1. The lowest BCUT2D eigenvalue weighted by molar-refractivity contribution is -0.143. The Morgan fingerprint density at radius 2 is 2.05 bits per heavy atom. The molecule has 0 spiro atoms. The summed E-state index contributed by atoms with van der Waals surface area (Å²) in [6, 6.07) is 9.40. The normalized spacial score (nSPS) is 10.1. The van der Waals surface area contributed by atoms with E-state index < -0.39 is 5.97 Å². The van der Waals surface area contributed by atoms with Gasteiger partial charge in [-0.25, -0.2) is 0 Å². The highest BCUT2D eigenvalue weighted by Gasteiger charge is 2.21. The van der Waals surface area contributed by atoms with Gasteiger partial charge >= 0.3 is 5.97 Å². The summed E-state index contributed by atoms with van der Waals surface area (Å²) in [7, 11) is 0. The molecule has 0 saturated heterocycles. The fourth-order valence-corrected chi connectivity index (χ4v) is 1.83. The van der Waals surface area contributed by atoms with E-state index in [9.17, 15) is 9.59 Å². The molecule has 1 aromatic heterocycles. The lowest BCUT2D eigenvalue weighted by atomic mass is 10.2. The smallest absolute Gasteiger partial charge is 0.325 e. The van der Waals surface area contributed by atoms with E-state index >= 15 is 0 Å². The number of amides is 1. The molecule has 1 aromatic carbocycles. The van der Waals surface area contributed by atoms with Crippen LogP contribution >= 0.6 is 0 Å². The minimum Gasteiger partial charge on any atom is -0.465 e. The van der Waals surface area contributed by atoms with E-state index in [0.29, 0.717) is 6.54 Å². The molecule has 21 heavy (non-hydrogen) atoms. The molecule has 1 heterocycles. The van der Waals surface area contributed by atoms with E-state index in [1.807, 2.05) is 30.3 Å². The van der Waals surface area contributed by atoms with Crippen LogP contribution in [-0.2, 0) is 16.1 Å². The zero-order valence-corrected chi connectivity index (χ0v) is 11.7. The highest BCUT2D eigenvalue weighted by Crippen LogP contribution is 2.08. The van der Waals surface area contributed by atoms with Gasteiger partial charge < -0.3 is 9.64 Å². The van der Waals surface area contributed by atoms with Crippen molar-refractivity contribution in [1.29, 1.82) is 0 Å². The summed E-state index contributed by atoms with van der Waals surface area (Å²) in [4.78, 5) is 25.4. The Morgan fingerprint density at radius 3 is 2.67 bits per heavy atom. The summed E-state index contributed by atoms with van der Waals surface area (Å²) in [5.41, 5.74) is 1.08. The Morgan fingerprint density at radius 1 is 1.29 bits per heavy atom. The summed E-state index contributed by atoms with van der Waals surface area (Å²) >= 11 is 0. The Hall–Kier alpha value is -2.70. The van der Waals surface area contributed by atoms with Crippen molar-refractivity contribution in [1.82, 2.24) is 20.3 Å². The van der Waals surface area contributed by atoms with Crippen molar-refractivity contribution in [3.63, 3.8) is 0 Å². The number of esters is 1. The number of ether oxygens (including phenoxy) is 1. The predicted molar refractivity (Wildman–Crippen MR) is 74.2 cm³/mol. The number of benzene rings is 1. The maximum absolute atomic E-state index is 12.3. The molecular weight excluding hydrogens is 272 g/mol. The van der Waals surface area contributed by atoms with E-state index in [1.54, 1.807) is 6.92 Å². The average molecular weight is 288 g/mol. The second-order valence-corrected chi connectivity index (χ2v) is 4.31. The van der Waals surface area contributed by atoms with Gasteiger partial charge in [0.25, 0.3) is 5.91 Å². The number of nitrogens with zero attached hydrogens (tertiary/aromatic N) is 3. The molecule has 0 saturated carbocycles. The zero-order valence-electron chi connectivity index (χ0n) is 11.7. The van der Waals surface area contributed by atoms with Crippen LogP contribution in [0.15, 0.2) is 36.5 Å². The van der Waals surface area contributed by atoms with Crippen molar-refractivity contribution in [2.45, 2.75) is 13.5 Å². The molecule has 2 rings (SSSR count). The second-order valence-electron chi connectivity index (χ2n) is 4.31. The first-order valence-electron chi connectivity index (χ1n) is 6.55. The molecule has 0 aliphatic carbocycles. The van der Waals surface area contributed by atoms with Crippen LogP contribution < -0.4 is 0 Å². The molecule has 0 unspecified atom stereocenters. The number of aromatic nitrogens is 3. The van der Waals surface area contributed by atoms with E-state index in [0.717, 1.165) is 5.56 Å². The number of aromatic amines is 1. The fraction of sp³-hybridized carbons (Fsp3) is 0.286. The molecule has 0 aliphatic heterocycles. The van der Waals surface area contributed by atoms with Crippen molar-refractivity contribution in [2.24, 2.45) is 0 Å². The molecule has 0 bridgehead atoms. The first-order valence-corrected chi connectivity index (χ1v) is 6.55. The zero-order chi connectivity index (χ0) is 15.1. The van der Waals surface area contributed by atoms with Crippen molar-refractivity contribution in [3.8, 4) is 0 Å². The van der Waals surface area contributed by atoms with Crippen LogP contribution in [-0.4, -0.2) is 45.3 Å². The van der Waals surface area contributed by atoms with Gasteiger partial charge in [0.15, 0.2) is 5.69 Å². The highest BCUT2D eigenvalue weighted by molar-refractivity contribution is 5.93. The molecule has 7 heteroatoms. The average Bonchev–Trinajstić information content (AvgIpc) is 3.01. The molecule has 1 amide bonds. The molecule has 0 radical (unpaired) electrons. The fourth-order valence-electron chi connectivity index (χ4n) is 1.83. The number of hydrogen-bond donors (Lipinski definition) is 1. The molecule has 7 nitrogen and oxygen atoms in total. The van der Waals surface area contributed by atoms with E-state index in [4.69, 9.17) is 4.74 Å². The topological polar surface area (TPSA) is 88.2 Å². The monoisotopic (exact) mass is 288 g/mol. The van der Waals surface area contributed by atoms with Crippen LogP contribution in [0.5, 0.6) is 0 Å². The van der Waals surface area contributed by atoms with Crippen LogP contribution in [0.2, 0.25) is 0 Å². The maximum atomic E-state index is 12.3. The van der Waals surface area contributed by atoms with Gasteiger partial charge in [-0.3, -0.25) is 9.59 Å². The predicted octanol–water partition coefficient (Wildman–Crippen LogP) is 1.01. The largest absolute Gasteiger partial charge is 0.465 e. The van der Waals surface area contributed by atoms with Crippen molar-refractivity contribution < 1.29 is 14.3 Å². The summed E-state index contributed by atoms with van der Waals surface area (Å²) in [5, 5.41) is 9.75. The van der Waals surface area contributed by atoms with Crippen LogP contribution in [0.4, 0.5) is 0 Å². The Labute approximate surface area is 121 Å². The van der Waals surface area contributed by atoms with Gasteiger partial charge in [-0.1, -0.05) is 30.3 Å². The summed E-state index contributed by atoms with van der Waals surface area (Å²) in [5.74, 6) is -0.828. The van der Waals surface area contributed by atoms with Crippen LogP contribution in [0.1, 0.15) is 23.0 Å². The highest BCUT2D eigenvalue weighted by atomic mass is 16.5. The summed E-state index contributed by atoms with van der Waals surface area (Å²) < 4.78 is 4.90. The standard InChI is InChI=1S/C14H16N4O3/c1-2-21-13(19)10-18(9-11-6-4-3-5-7-11)14(20)12-8-15-17-16-12/h3-8H,2,9-10H2,1H3,(H,15,16,17). The minimum atomic E-state index is -0.453. The second kappa shape index (κ2) is 7.18. The number of carbonyl (C=O) groups excluding carboxylic acids is 2. The van der Waals surface area contributed by atoms with Crippen molar-refractivity contribution in [3.05, 3.63) is 47.8 Å². The van der Waals surface area contributed by atoms with Crippen LogP contribution in [0, 0.1) is 0 Å². The molecule has 0 atom stereocenters. The third-order valence-electron chi connectivity index (χ3n) is 2.76. The number of carbonyl (C=O) groups is 2. The third-order valence-corrected chi connectivity index (χ3v) is 2.76. The van der Waals surface area contributed by atoms with E-state index in [2.05, 4.69) is 15.4 Å². The number of rotatable bonds is 6. The summed E-state index contributed by atoms with van der Waals surface area (Å²) in [6.45, 7) is 2.16. The Balaban J connectivity index is 2.13. The van der Waals surface area contributed by atoms with Gasteiger partial charge in [0.2, 0.25) is 0 Å².